The van der Waals surface area contributed by atoms with E-state index in [0.717, 1.165) is 48.4 Å². The molecule has 1 amide bonds. The van der Waals surface area contributed by atoms with Crippen molar-refractivity contribution in [2.24, 2.45) is 0 Å². The molecule has 6 nitrogen and oxygen atoms in total. The van der Waals surface area contributed by atoms with Crippen LogP contribution in [0.15, 0.2) is 96.2 Å². The maximum atomic E-state index is 13.0. The van der Waals surface area contributed by atoms with E-state index >= 15 is 0 Å². The summed E-state index contributed by atoms with van der Waals surface area (Å²) in [6, 6.07) is 30.4. The largest absolute Gasteiger partial charge is 0.368 e. The van der Waals surface area contributed by atoms with Gasteiger partial charge in [0.05, 0.1) is 5.75 Å². The van der Waals surface area contributed by atoms with Crippen molar-refractivity contribution in [2.45, 2.75) is 5.16 Å². The zero-order chi connectivity index (χ0) is 22.5. The van der Waals surface area contributed by atoms with Crippen LogP contribution in [0.2, 0.25) is 0 Å². The topological polar surface area (TPSA) is 54.3 Å². The Hall–Kier alpha value is -3.58. The highest BCUT2D eigenvalue weighted by atomic mass is 32.2. The summed E-state index contributed by atoms with van der Waals surface area (Å²) in [5, 5.41) is 9.61. The molecule has 0 aliphatic carbocycles. The van der Waals surface area contributed by atoms with Gasteiger partial charge in [-0.2, -0.15) is 0 Å². The van der Waals surface area contributed by atoms with E-state index in [0.29, 0.717) is 5.75 Å². The average molecular weight is 456 g/mol. The number of amides is 1. The molecule has 1 aliphatic rings. The van der Waals surface area contributed by atoms with Gasteiger partial charge in [-0.25, -0.2) is 0 Å². The predicted octanol–water partition coefficient (Wildman–Crippen LogP) is 4.38. The molecule has 0 saturated carbocycles. The number of thioether (sulfide) groups is 1. The Morgan fingerprint density at radius 1 is 0.727 bits per heavy atom. The van der Waals surface area contributed by atoms with Crippen LogP contribution in [-0.2, 0) is 4.79 Å². The van der Waals surface area contributed by atoms with Gasteiger partial charge >= 0.3 is 0 Å². The van der Waals surface area contributed by atoms with Crippen LogP contribution >= 0.6 is 11.8 Å². The molecule has 1 fully saturated rings. The summed E-state index contributed by atoms with van der Waals surface area (Å²) < 4.78 is 2.03. The number of carbonyl (C=O) groups excluding carboxylic acids is 1. The van der Waals surface area contributed by atoms with E-state index in [1.54, 1.807) is 0 Å². The molecular formula is C26H25N5OS. The van der Waals surface area contributed by atoms with E-state index in [-0.39, 0.29) is 5.91 Å². The third-order valence-corrected chi connectivity index (χ3v) is 6.67. The fourth-order valence-corrected chi connectivity index (χ4v) is 4.87. The molecule has 3 aromatic carbocycles. The number of benzene rings is 3. The lowest BCUT2D eigenvalue weighted by atomic mass is 10.2. The molecule has 33 heavy (non-hydrogen) atoms. The molecule has 1 saturated heterocycles. The Bertz CT molecular complexity index is 1190. The summed E-state index contributed by atoms with van der Waals surface area (Å²) in [7, 11) is 0. The van der Waals surface area contributed by atoms with Gasteiger partial charge in [-0.15, -0.1) is 10.2 Å². The van der Waals surface area contributed by atoms with Gasteiger partial charge in [0.2, 0.25) is 5.91 Å². The van der Waals surface area contributed by atoms with E-state index in [2.05, 4.69) is 39.4 Å². The van der Waals surface area contributed by atoms with Crippen LogP contribution in [0.25, 0.3) is 17.1 Å². The van der Waals surface area contributed by atoms with Crippen LogP contribution in [0.3, 0.4) is 0 Å². The SMILES string of the molecule is O=C(CSc1nnc(-c2ccccc2)n1-c1ccccc1)N1CCN(c2ccccc2)CC1. The Balaban J connectivity index is 1.28. The van der Waals surface area contributed by atoms with Gasteiger partial charge in [0.1, 0.15) is 0 Å². The smallest absolute Gasteiger partial charge is 0.233 e. The molecule has 1 aliphatic heterocycles. The first-order chi connectivity index (χ1) is 16.3. The summed E-state index contributed by atoms with van der Waals surface area (Å²) >= 11 is 1.44. The highest BCUT2D eigenvalue weighted by Gasteiger charge is 2.23. The number of piperazine rings is 1. The minimum absolute atomic E-state index is 0.136. The maximum Gasteiger partial charge on any atom is 0.233 e. The lowest BCUT2D eigenvalue weighted by Gasteiger charge is -2.36. The Kier molecular flexibility index (Phi) is 6.39. The number of nitrogens with zero attached hydrogens (tertiary/aromatic N) is 5. The van der Waals surface area contributed by atoms with Crippen LogP contribution in [0.4, 0.5) is 5.69 Å². The first-order valence-corrected chi connectivity index (χ1v) is 12.0. The summed E-state index contributed by atoms with van der Waals surface area (Å²) in [5.41, 5.74) is 3.18. The zero-order valence-electron chi connectivity index (χ0n) is 18.2. The molecule has 7 heteroatoms. The number of carbonyl (C=O) groups is 1. The fourth-order valence-electron chi connectivity index (χ4n) is 4.02. The summed E-state index contributed by atoms with van der Waals surface area (Å²) in [6.45, 7) is 3.15. The van der Waals surface area contributed by atoms with Gasteiger partial charge in [-0.05, 0) is 24.3 Å². The van der Waals surface area contributed by atoms with Gasteiger partial charge in [-0.3, -0.25) is 9.36 Å². The van der Waals surface area contributed by atoms with Crippen molar-refractivity contribution in [3.63, 3.8) is 0 Å². The third kappa shape index (κ3) is 4.78. The highest BCUT2D eigenvalue weighted by molar-refractivity contribution is 7.99. The van der Waals surface area contributed by atoms with E-state index < -0.39 is 0 Å². The van der Waals surface area contributed by atoms with Gasteiger partial charge in [0, 0.05) is 43.1 Å². The monoisotopic (exact) mass is 455 g/mol. The number of rotatable bonds is 6. The van der Waals surface area contributed by atoms with Crippen LogP contribution in [0, 0.1) is 0 Å². The van der Waals surface area contributed by atoms with Crippen LogP contribution in [-0.4, -0.2) is 57.5 Å². The van der Waals surface area contributed by atoms with Gasteiger partial charge < -0.3 is 9.80 Å². The van der Waals surface area contributed by atoms with Crippen molar-refractivity contribution in [2.75, 3.05) is 36.8 Å². The van der Waals surface area contributed by atoms with Crippen LogP contribution in [0.5, 0.6) is 0 Å². The molecule has 5 rings (SSSR count). The zero-order valence-corrected chi connectivity index (χ0v) is 19.1. The number of hydrogen-bond donors (Lipinski definition) is 0. The summed E-state index contributed by atoms with van der Waals surface area (Å²) in [5.74, 6) is 1.25. The quantitative estimate of drug-likeness (QED) is 0.404. The second-order valence-corrected chi connectivity index (χ2v) is 8.78. The second kappa shape index (κ2) is 9.92. The van der Waals surface area contributed by atoms with Crippen molar-refractivity contribution in [3.8, 4) is 17.1 Å². The molecule has 0 unspecified atom stereocenters. The minimum atomic E-state index is 0.136. The van der Waals surface area contributed by atoms with Gasteiger partial charge in [0.25, 0.3) is 0 Å². The van der Waals surface area contributed by atoms with Crippen molar-refractivity contribution in [1.82, 2.24) is 19.7 Å². The lowest BCUT2D eigenvalue weighted by Crippen LogP contribution is -2.49. The Morgan fingerprint density at radius 2 is 1.30 bits per heavy atom. The second-order valence-electron chi connectivity index (χ2n) is 7.84. The number of hydrogen-bond acceptors (Lipinski definition) is 5. The molecule has 0 N–H and O–H groups in total. The fraction of sp³-hybridized carbons (Fsp3) is 0.192. The lowest BCUT2D eigenvalue weighted by molar-refractivity contribution is -0.128. The minimum Gasteiger partial charge on any atom is -0.368 e. The standard InChI is InChI=1S/C26H25N5OS/c32-24(30-18-16-29(17-19-30)22-12-6-2-7-13-22)20-33-26-28-27-25(21-10-4-1-5-11-21)31(26)23-14-8-3-9-15-23/h1-15H,16-20H2. The predicted molar refractivity (Wildman–Crippen MR) is 133 cm³/mol. The summed E-state index contributed by atoms with van der Waals surface area (Å²) in [6.07, 6.45) is 0. The molecule has 0 spiro atoms. The number of aromatic nitrogens is 3. The van der Waals surface area contributed by atoms with Gasteiger partial charge in [0.15, 0.2) is 11.0 Å². The molecule has 0 atom stereocenters. The van der Waals surface area contributed by atoms with Crippen molar-refractivity contribution >= 4 is 23.4 Å². The molecule has 4 aromatic rings. The average Bonchev–Trinajstić information content (AvgIpc) is 3.33. The molecule has 0 radical (unpaired) electrons. The molecular weight excluding hydrogens is 430 g/mol. The van der Waals surface area contributed by atoms with Crippen LogP contribution in [0.1, 0.15) is 0 Å². The number of anilines is 1. The van der Waals surface area contributed by atoms with Gasteiger partial charge in [-0.1, -0.05) is 78.5 Å². The maximum absolute atomic E-state index is 13.0. The van der Waals surface area contributed by atoms with E-state index in [1.165, 1.54) is 17.4 Å². The third-order valence-electron chi connectivity index (χ3n) is 5.76. The molecule has 166 valence electrons. The van der Waals surface area contributed by atoms with E-state index in [9.17, 15) is 4.79 Å². The molecule has 1 aromatic heterocycles. The van der Waals surface area contributed by atoms with Crippen molar-refractivity contribution < 1.29 is 4.79 Å². The molecule has 2 heterocycles. The number of para-hydroxylation sites is 2. The molecule has 0 bridgehead atoms. The summed E-state index contributed by atoms with van der Waals surface area (Å²) in [4.78, 5) is 17.2. The van der Waals surface area contributed by atoms with Crippen molar-refractivity contribution in [1.29, 1.82) is 0 Å². The van der Waals surface area contributed by atoms with E-state index in [1.807, 2.05) is 76.2 Å². The Morgan fingerprint density at radius 3 is 1.94 bits per heavy atom. The van der Waals surface area contributed by atoms with Crippen LogP contribution < -0.4 is 4.90 Å². The highest BCUT2D eigenvalue weighted by Crippen LogP contribution is 2.28. The van der Waals surface area contributed by atoms with Crippen molar-refractivity contribution in [3.05, 3.63) is 91.0 Å². The first-order valence-electron chi connectivity index (χ1n) is 11.1. The van der Waals surface area contributed by atoms with E-state index in [4.69, 9.17) is 0 Å². The Labute approximate surface area is 197 Å². The normalized spacial score (nSPS) is 13.8. The first kappa shape index (κ1) is 21.3.